The maximum atomic E-state index is 6.39. The molecule has 2 nitrogen and oxygen atoms in total. The monoisotopic (exact) mass is 275 g/mol. The second-order valence-corrected chi connectivity index (χ2v) is 6.68. The van der Waals surface area contributed by atoms with Crippen LogP contribution in [0.1, 0.15) is 52.0 Å². The van der Waals surface area contributed by atoms with E-state index < -0.39 is 0 Å². The molecule has 0 heterocycles. The average molecular weight is 275 g/mol. The molecule has 0 aromatic heterocycles. The first-order valence-corrected chi connectivity index (χ1v) is 8.01. The van der Waals surface area contributed by atoms with Gasteiger partial charge in [0.1, 0.15) is 0 Å². The third-order valence-corrected chi connectivity index (χ3v) is 4.41. The molecule has 0 bridgehead atoms. The zero-order chi connectivity index (χ0) is 14.4. The fourth-order valence-electron chi connectivity index (χ4n) is 2.86. The summed E-state index contributed by atoms with van der Waals surface area (Å²) in [5, 5.41) is 3.58. The van der Waals surface area contributed by atoms with Crippen LogP contribution < -0.4 is 5.32 Å². The Morgan fingerprint density at radius 1 is 1.20 bits per heavy atom. The number of hydrogen-bond donors (Lipinski definition) is 1. The number of nitrogens with one attached hydrogen (secondary N) is 1. The van der Waals surface area contributed by atoms with Crippen molar-refractivity contribution in [3.8, 4) is 0 Å². The lowest BCUT2D eigenvalue weighted by molar-refractivity contribution is -0.0858. The molecule has 112 valence electrons. The van der Waals surface area contributed by atoms with Crippen LogP contribution in [-0.2, 0) is 11.3 Å². The van der Waals surface area contributed by atoms with Crippen LogP contribution in [0.4, 0.5) is 0 Å². The molecule has 20 heavy (non-hydrogen) atoms. The molecule has 2 heteroatoms. The van der Waals surface area contributed by atoms with Crippen molar-refractivity contribution < 1.29 is 4.74 Å². The van der Waals surface area contributed by atoms with Crippen molar-refractivity contribution in [1.29, 1.82) is 0 Å². The molecule has 0 unspecified atom stereocenters. The van der Waals surface area contributed by atoms with Crippen molar-refractivity contribution in [2.24, 2.45) is 5.92 Å². The Morgan fingerprint density at radius 2 is 1.85 bits per heavy atom. The largest absolute Gasteiger partial charge is 0.369 e. The van der Waals surface area contributed by atoms with Gasteiger partial charge in [0, 0.05) is 12.6 Å². The summed E-state index contributed by atoms with van der Waals surface area (Å²) in [6, 6.07) is 11.0. The van der Waals surface area contributed by atoms with Crippen molar-refractivity contribution >= 4 is 0 Å². The summed E-state index contributed by atoms with van der Waals surface area (Å²) >= 11 is 0. The molecule has 2 rings (SSSR count). The SMILES string of the molecule is CC1CCC(CNC(C)C)(OCc2ccccc2)CC1. The van der Waals surface area contributed by atoms with Gasteiger partial charge in [0.15, 0.2) is 0 Å². The van der Waals surface area contributed by atoms with Crippen LogP contribution in [-0.4, -0.2) is 18.2 Å². The minimum atomic E-state index is 0.0343. The fourth-order valence-corrected chi connectivity index (χ4v) is 2.86. The van der Waals surface area contributed by atoms with E-state index in [-0.39, 0.29) is 5.60 Å². The number of ether oxygens (including phenoxy) is 1. The van der Waals surface area contributed by atoms with Crippen LogP contribution in [0.2, 0.25) is 0 Å². The summed E-state index contributed by atoms with van der Waals surface area (Å²) < 4.78 is 6.39. The smallest absolute Gasteiger partial charge is 0.0811 e. The van der Waals surface area contributed by atoms with Gasteiger partial charge >= 0.3 is 0 Å². The second kappa shape index (κ2) is 7.24. The molecule has 1 saturated carbocycles. The van der Waals surface area contributed by atoms with Crippen LogP contribution in [0.3, 0.4) is 0 Å². The van der Waals surface area contributed by atoms with E-state index in [0.717, 1.165) is 19.1 Å². The van der Waals surface area contributed by atoms with Gasteiger partial charge in [-0.3, -0.25) is 0 Å². The third kappa shape index (κ3) is 4.60. The van der Waals surface area contributed by atoms with Crippen molar-refractivity contribution in [1.82, 2.24) is 5.32 Å². The van der Waals surface area contributed by atoms with Crippen molar-refractivity contribution in [2.45, 2.75) is 64.7 Å². The molecule has 0 aliphatic heterocycles. The van der Waals surface area contributed by atoms with Crippen LogP contribution in [0.25, 0.3) is 0 Å². The highest BCUT2D eigenvalue weighted by molar-refractivity contribution is 5.13. The van der Waals surface area contributed by atoms with Gasteiger partial charge in [0.25, 0.3) is 0 Å². The van der Waals surface area contributed by atoms with Crippen LogP contribution in [0.15, 0.2) is 30.3 Å². The van der Waals surface area contributed by atoms with Gasteiger partial charge in [-0.25, -0.2) is 0 Å². The first kappa shape index (κ1) is 15.5. The summed E-state index contributed by atoms with van der Waals surface area (Å²) in [6.07, 6.45) is 4.94. The Kier molecular flexibility index (Phi) is 5.62. The predicted octanol–water partition coefficient (Wildman–Crippen LogP) is 4.15. The first-order valence-electron chi connectivity index (χ1n) is 8.01. The van der Waals surface area contributed by atoms with E-state index in [2.05, 4.69) is 56.4 Å². The molecule has 1 fully saturated rings. The van der Waals surface area contributed by atoms with E-state index in [4.69, 9.17) is 4.74 Å². The molecule has 0 atom stereocenters. The van der Waals surface area contributed by atoms with E-state index in [0.29, 0.717) is 6.04 Å². The Hall–Kier alpha value is -0.860. The topological polar surface area (TPSA) is 21.3 Å². The molecule has 0 saturated heterocycles. The number of rotatable bonds is 6. The molecule has 1 aromatic rings. The summed E-state index contributed by atoms with van der Waals surface area (Å²) in [6.45, 7) is 8.48. The highest BCUT2D eigenvalue weighted by Gasteiger charge is 2.35. The van der Waals surface area contributed by atoms with E-state index in [9.17, 15) is 0 Å². The van der Waals surface area contributed by atoms with Gasteiger partial charge in [0.2, 0.25) is 0 Å². The highest BCUT2D eigenvalue weighted by atomic mass is 16.5. The van der Waals surface area contributed by atoms with E-state index in [1.54, 1.807) is 0 Å². The van der Waals surface area contributed by atoms with Crippen molar-refractivity contribution in [3.63, 3.8) is 0 Å². The highest BCUT2D eigenvalue weighted by Crippen LogP contribution is 2.35. The Labute approximate surface area is 123 Å². The molecular weight excluding hydrogens is 246 g/mol. The summed E-state index contributed by atoms with van der Waals surface area (Å²) in [7, 11) is 0. The van der Waals surface area contributed by atoms with Gasteiger partial charge in [-0.05, 0) is 37.2 Å². The number of benzene rings is 1. The normalized spacial score (nSPS) is 26.9. The maximum absolute atomic E-state index is 6.39. The molecule has 0 spiro atoms. The lowest BCUT2D eigenvalue weighted by Crippen LogP contribution is -2.47. The van der Waals surface area contributed by atoms with Crippen molar-refractivity contribution in [3.05, 3.63) is 35.9 Å². The molecule has 1 N–H and O–H groups in total. The van der Waals surface area contributed by atoms with Crippen LogP contribution in [0.5, 0.6) is 0 Å². The first-order chi connectivity index (χ1) is 9.60. The van der Waals surface area contributed by atoms with Gasteiger partial charge in [-0.2, -0.15) is 0 Å². The maximum Gasteiger partial charge on any atom is 0.0811 e. The van der Waals surface area contributed by atoms with Crippen LogP contribution in [0, 0.1) is 5.92 Å². The summed E-state index contributed by atoms with van der Waals surface area (Å²) in [4.78, 5) is 0. The van der Waals surface area contributed by atoms with Gasteiger partial charge in [-0.1, -0.05) is 51.1 Å². The van der Waals surface area contributed by atoms with E-state index in [1.165, 1.54) is 31.2 Å². The Bertz CT molecular complexity index is 380. The average Bonchev–Trinajstić information content (AvgIpc) is 2.47. The van der Waals surface area contributed by atoms with Crippen molar-refractivity contribution in [2.75, 3.05) is 6.54 Å². The molecular formula is C18H29NO. The number of hydrogen-bond acceptors (Lipinski definition) is 2. The lowest BCUT2D eigenvalue weighted by atomic mass is 9.79. The van der Waals surface area contributed by atoms with Gasteiger partial charge < -0.3 is 10.1 Å². The molecule has 1 aromatic carbocycles. The zero-order valence-electron chi connectivity index (χ0n) is 13.2. The Morgan fingerprint density at radius 3 is 2.45 bits per heavy atom. The van der Waals surface area contributed by atoms with Gasteiger partial charge in [0.05, 0.1) is 12.2 Å². The molecule has 1 aliphatic carbocycles. The van der Waals surface area contributed by atoms with Gasteiger partial charge in [-0.15, -0.1) is 0 Å². The van der Waals surface area contributed by atoms with E-state index >= 15 is 0 Å². The summed E-state index contributed by atoms with van der Waals surface area (Å²) in [5.41, 5.74) is 1.31. The van der Waals surface area contributed by atoms with E-state index in [1.807, 2.05) is 0 Å². The molecule has 0 amide bonds. The Balaban J connectivity index is 1.95. The lowest BCUT2D eigenvalue weighted by Gasteiger charge is -2.40. The molecule has 1 aliphatic rings. The predicted molar refractivity (Wildman–Crippen MR) is 84.7 cm³/mol. The summed E-state index contributed by atoms with van der Waals surface area (Å²) in [5.74, 6) is 0.850. The quantitative estimate of drug-likeness (QED) is 0.842. The fraction of sp³-hybridized carbons (Fsp3) is 0.667. The minimum Gasteiger partial charge on any atom is -0.369 e. The van der Waals surface area contributed by atoms with Crippen LogP contribution >= 0.6 is 0 Å². The standard InChI is InChI=1S/C18H29NO/c1-15(2)19-14-18(11-9-16(3)10-12-18)20-13-17-7-5-4-6-8-17/h4-8,15-16,19H,9-14H2,1-3H3. The zero-order valence-corrected chi connectivity index (χ0v) is 13.2. The molecule has 0 radical (unpaired) electrons. The third-order valence-electron chi connectivity index (χ3n) is 4.41. The second-order valence-electron chi connectivity index (χ2n) is 6.68. The minimum absolute atomic E-state index is 0.0343.